The standard InChI is InChI=1S/C16H34N2/c1-7-17-12-13(2)14(3)18(6)15-8-10-16(4,5)11-9-15/h13-15,17H,7-12H2,1-6H3. The van der Waals surface area contributed by atoms with Gasteiger partial charge in [-0.2, -0.15) is 0 Å². The molecule has 0 aromatic rings. The molecule has 0 radical (unpaired) electrons. The summed E-state index contributed by atoms with van der Waals surface area (Å²) in [6, 6.07) is 1.48. The van der Waals surface area contributed by atoms with E-state index in [9.17, 15) is 0 Å². The van der Waals surface area contributed by atoms with Crippen LogP contribution in [0.5, 0.6) is 0 Å². The molecule has 1 N–H and O–H groups in total. The molecule has 1 aliphatic rings. The summed E-state index contributed by atoms with van der Waals surface area (Å²) in [6.45, 7) is 14.0. The van der Waals surface area contributed by atoms with Crippen molar-refractivity contribution in [3.8, 4) is 0 Å². The van der Waals surface area contributed by atoms with E-state index in [0.29, 0.717) is 11.5 Å². The first-order chi connectivity index (χ1) is 8.37. The summed E-state index contributed by atoms with van der Waals surface area (Å²) in [5, 5.41) is 3.47. The van der Waals surface area contributed by atoms with Gasteiger partial charge in [0.05, 0.1) is 0 Å². The van der Waals surface area contributed by atoms with Crippen LogP contribution >= 0.6 is 0 Å². The average molecular weight is 254 g/mol. The van der Waals surface area contributed by atoms with Crippen LogP contribution in [-0.4, -0.2) is 37.1 Å². The van der Waals surface area contributed by atoms with Crippen molar-refractivity contribution in [1.82, 2.24) is 10.2 Å². The Labute approximate surface area is 115 Å². The summed E-state index contributed by atoms with van der Waals surface area (Å²) >= 11 is 0. The molecule has 2 atom stereocenters. The van der Waals surface area contributed by atoms with Gasteiger partial charge in [-0.15, -0.1) is 0 Å². The lowest BCUT2D eigenvalue weighted by Crippen LogP contribution is -2.46. The van der Waals surface area contributed by atoms with Crippen molar-refractivity contribution in [3.05, 3.63) is 0 Å². The topological polar surface area (TPSA) is 15.3 Å². The minimum atomic E-state index is 0.579. The first-order valence-corrected chi connectivity index (χ1v) is 7.80. The quantitative estimate of drug-likeness (QED) is 0.780. The normalized spacial score (nSPS) is 24.2. The van der Waals surface area contributed by atoms with Crippen molar-refractivity contribution in [1.29, 1.82) is 0 Å². The second kappa shape index (κ2) is 6.91. The van der Waals surface area contributed by atoms with Gasteiger partial charge in [-0.1, -0.05) is 27.7 Å². The third kappa shape index (κ3) is 4.55. The summed E-state index contributed by atoms with van der Waals surface area (Å²) in [7, 11) is 2.33. The van der Waals surface area contributed by atoms with Gasteiger partial charge in [0.2, 0.25) is 0 Å². The molecule has 2 heteroatoms. The van der Waals surface area contributed by atoms with Crippen LogP contribution in [0, 0.1) is 11.3 Å². The summed E-state index contributed by atoms with van der Waals surface area (Å²) in [4.78, 5) is 2.64. The lowest BCUT2D eigenvalue weighted by Gasteiger charge is -2.42. The summed E-state index contributed by atoms with van der Waals surface area (Å²) < 4.78 is 0. The van der Waals surface area contributed by atoms with Gasteiger partial charge in [0.15, 0.2) is 0 Å². The van der Waals surface area contributed by atoms with E-state index in [4.69, 9.17) is 0 Å². The predicted molar refractivity (Wildman–Crippen MR) is 81.0 cm³/mol. The molecule has 0 aromatic heterocycles. The van der Waals surface area contributed by atoms with Gasteiger partial charge in [0, 0.05) is 12.1 Å². The number of hydrogen-bond donors (Lipinski definition) is 1. The van der Waals surface area contributed by atoms with E-state index in [1.165, 1.54) is 25.7 Å². The van der Waals surface area contributed by atoms with Crippen LogP contribution in [-0.2, 0) is 0 Å². The fourth-order valence-corrected chi connectivity index (χ4v) is 3.07. The Hall–Kier alpha value is -0.0800. The van der Waals surface area contributed by atoms with Crippen LogP contribution in [0.3, 0.4) is 0 Å². The molecule has 0 aromatic carbocycles. The van der Waals surface area contributed by atoms with E-state index < -0.39 is 0 Å². The van der Waals surface area contributed by atoms with Crippen LogP contribution in [0.2, 0.25) is 0 Å². The van der Waals surface area contributed by atoms with Gasteiger partial charge in [-0.3, -0.25) is 0 Å². The second-order valence-electron chi connectivity index (χ2n) is 7.09. The lowest BCUT2D eigenvalue weighted by atomic mass is 9.75. The second-order valence-corrected chi connectivity index (χ2v) is 7.09. The van der Waals surface area contributed by atoms with Crippen molar-refractivity contribution in [2.45, 2.75) is 72.4 Å². The third-order valence-electron chi connectivity index (χ3n) is 5.07. The Morgan fingerprint density at radius 1 is 1.22 bits per heavy atom. The van der Waals surface area contributed by atoms with Crippen molar-refractivity contribution in [2.75, 3.05) is 20.1 Å². The minimum absolute atomic E-state index is 0.579. The molecule has 0 aliphatic heterocycles. The molecule has 1 aliphatic carbocycles. The van der Waals surface area contributed by atoms with Gasteiger partial charge >= 0.3 is 0 Å². The zero-order valence-electron chi connectivity index (χ0n) is 13.4. The number of rotatable bonds is 6. The SMILES string of the molecule is CCNCC(C)C(C)N(C)C1CCC(C)(C)CC1. The average Bonchev–Trinajstić information content (AvgIpc) is 2.34. The van der Waals surface area contributed by atoms with Crippen LogP contribution in [0.1, 0.15) is 60.3 Å². The molecule has 1 saturated carbocycles. The molecule has 0 saturated heterocycles. The Morgan fingerprint density at radius 3 is 2.28 bits per heavy atom. The zero-order valence-corrected chi connectivity index (χ0v) is 13.4. The van der Waals surface area contributed by atoms with E-state index >= 15 is 0 Å². The smallest absolute Gasteiger partial charge is 0.0105 e. The number of nitrogens with zero attached hydrogens (tertiary/aromatic N) is 1. The highest BCUT2D eigenvalue weighted by Gasteiger charge is 2.31. The van der Waals surface area contributed by atoms with Gasteiger partial charge in [-0.25, -0.2) is 0 Å². The maximum atomic E-state index is 3.47. The molecule has 0 bridgehead atoms. The van der Waals surface area contributed by atoms with Crippen LogP contribution in [0.25, 0.3) is 0 Å². The van der Waals surface area contributed by atoms with Gasteiger partial charge in [0.25, 0.3) is 0 Å². The highest BCUT2D eigenvalue weighted by molar-refractivity contribution is 4.85. The van der Waals surface area contributed by atoms with Crippen LogP contribution in [0.4, 0.5) is 0 Å². The molecule has 18 heavy (non-hydrogen) atoms. The van der Waals surface area contributed by atoms with Gasteiger partial charge < -0.3 is 10.2 Å². The summed E-state index contributed by atoms with van der Waals surface area (Å²) in [5.74, 6) is 0.727. The molecule has 2 unspecified atom stereocenters. The molecule has 0 spiro atoms. The number of nitrogens with one attached hydrogen (secondary N) is 1. The Kier molecular flexibility index (Phi) is 6.13. The Morgan fingerprint density at radius 2 is 1.78 bits per heavy atom. The lowest BCUT2D eigenvalue weighted by molar-refractivity contribution is 0.0797. The van der Waals surface area contributed by atoms with Crippen molar-refractivity contribution < 1.29 is 0 Å². The molecule has 0 heterocycles. The van der Waals surface area contributed by atoms with E-state index in [2.05, 4.69) is 51.9 Å². The van der Waals surface area contributed by atoms with E-state index in [1.54, 1.807) is 0 Å². The predicted octanol–water partition coefficient (Wildman–Crippen LogP) is 3.52. The Balaban J connectivity index is 2.41. The van der Waals surface area contributed by atoms with Crippen molar-refractivity contribution >= 4 is 0 Å². The van der Waals surface area contributed by atoms with Crippen LogP contribution in [0.15, 0.2) is 0 Å². The molecule has 108 valence electrons. The van der Waals surface area contributed by atoms with Crippen molar-refractivity contribution in [3.63, 3.8) is 0 Å². The van der Waals surface area contributed by atoms with Crippen molar-refractivity contribution in [2.24, 2.45) is 11.3 Å². The maximum Gasteiger partial charge on any atom is 0.0105 e. The molecule has 1 rings (SSSR count). The summed E-state index contributed by atoms with van der Waals surface area (Å²) in [6.07, 6.45) is 5.52. The molecular formula is C16H34N2. The highest BCUT2D eigenvalue weighted by Crippen LogP contribution is 2.37. The zero-order chi connectivity index (χ0) is 13.8. The molecular weight excluding hydrogens is 220 g/mol. The first kappa shape index (κ1) is 16.0. The molecule has 0 amide bonds. The van der Waals surface area contributed by atoms with Gasteiger partial charge in [0.1, 0.15) is 0 Å². The monoisotopic (exact) mass is 254 g/mol. The van der Waals surface area contributed by atoms with E-state index in [0.717, 1.165) is 25.0 Å². The van der Waals surface area contributed by atoms with Crippen LogP contribution < -0.4 is 5.32 Å². The fourth-order valence-electron chi connectivity index (χ4n) is 3.07. The maximum absolute atomic E-state index is 3.47. The van der Waals surface area contributed by atoms with Gasteiger partial charge in [-0.05, 0) is 64.1 Å². The highest BCUT2D eigenvalue weighted by atomic mass is 15.2. The fraction of sp³-hybridized carbons (Fsp3) is 1.00. The molecule has 1 fully saturated rings. The molecule has 2 nitrogen and oxygen atoms in total. The first-order valence-electron chi connectivity index (χ1n) is 7.80. The van der Waals surface area contributed by atoms with E-state index in [1.807, 2.05) is 0 Å². The van der Waals surface area contributed by atoms with E-state index in [-0.39, 0.29) is 0 Å². The Bertz CT molecular complexity index is 227. The largest absolute Gasteiger partial charge is 0.317 e. The third-order valence-corrected chi connectivity index (χ3v) is 5.07. The number of hydrogen-bond acceptors (Lipinski definition) is 2. The summed E-state index contributed by atoms with van der Waals surface area (Å²) in [5.41, 5.74) is 0.579. The minimum Gasteiger partial charge on any atom is -0.317 e.